The number of carboxylic acids is 1. The maximum Gasteiger partial charge on any atom is 0.573 e. The Morgan fingerprint density at radius 2 is 2.11 bits per heavy atom. The number of aliphatic carboxylic acids is 1. The number of hydrogen-bond donors (Lipinski definition) is 2. The number of carboxylic acid groups (broad SMARTS) is 1. The first-order valence-electron chi connectivity index (χ1n) is 4.93. The lowest BCUT2D eigenvalue weighted by Gasteiger charge is -2.09. The first kappa shape index (κ1) is 12.3. The molecular weight excluding hydrogens is 251 g/mol. The molecule has 0 unspecified atom stereocenters. The van der Waals surface area contributed by atoms with Crippen molar-refractivity contribution in [2.45, 2.75) is 12.8 Å². The van der Waals surface area contributed by atoms with Crippen LogP contribution in [0.3, 0.4) is 0 Å². The topological polar surface area (TPSA) is 62.3 Å². The summed E-state index contributed by atoms with van der Waals surface area (Å²) in [5, 5.41) is 9.08. The third-order valence-electron chi connectivity index (χ3n) is 2.24. The Labute approximate surface area is 99.0 Å². The Kier molecular flexibility index (Phi) is 2.90. The molecule has 0 aliphatic rings. The van der Waals surface area contributed by atoms with Gasteiger partial charge in [-0.1, -0.05) is 12.1 Å². The van der Waals surface area contributed by atoms with Crippen molar-refractivity contribution in [3.63, 3.8) is 0 Å². The van der Waals surface area contributed by atoms with Gasteiger partial charge in [0.25, 0.3) is 0 Å². The van der Waals surface area contributed by atoms with Crippen molar-refractivity contribution in [2.24, 2.45) is 0 Å². The van der Waals surface area contributed by atoms with E-state index in [1.807, 2.05) is 0 Å². The van der Waals surface area contributed by atoms with E-state index >= 15 is 0 Å². The molecular formula is C11H8F3NO3. The Bertz CT molecular complexity index is 589. The predicted octanol–water partition coefficient (Wildman–Crippen LogP) is 2.69. The molecule has 0 aliphatic carbocycles. The van der Waals surface area contributed by atoms with E-state index in [4.69, 9.17) is 5.11 Å². The zero-order valence-corrected chi connectivity index (χ0v) is 8.91. The van der Waals surface area contributed by atoms with Gasteiger partial charge in [-0.3, -0.25) is 4.79 Å². The average Bonchev–Trinajstić information content (AvgIpc) is 2.57. The van der Waals surface area contributed by atoms with Crippen LogP contribution < -0.4 is 4.74 Å². The van der Waals surface area contributed by atoms with Gasteiger partial charge in [-0.25, -0.2) is 0 Å². The Hall–Kier alpha value is -2.18. The van der Waals surface area contributed by atoms with Crippen LogP contribution in [0, 0.1) is 0 Å². The van der Waals surface area contributed by atoms with E-state index in [9.17, 15) is 18.0 Å². The fraction of sp³-hybridized carbons (Fsp3) is 0.182. The number of aromatic amines is 1. The zero-order chi connectivity index (χ0) is 13.3. The third kappa shape index (κ3) is 2.73. The lowest BCUT2D eigenvalue weighted by atomic mass is 10.2. The second-order valence-corrected chi connectivity index (χ2v) is 3.63. The van der Waals surface area contributed by atoms with Crippen LogP contribution in [0.2, 0.25) is 0 Å². The molecule has 0 saturated heterocycles. The standard InChI is InChI=1S/C11H8F3NO3/c12-11(13,14)18-8-3-1-2-6-4-7(5-9(16)17)15-10(6)8/h1-4,15H,5H2,(H,16,17). The maximum absolute atomic E-state index is 12.2. The monoisotopic (exact) mass is 259 g/mol. The van der Waals surface area contributed by atoms with Gasteiger partial charge in [-0.05, 0) is 12.1 Å². The molecule has 2 aromatic rings. The summed E-state index contributed by atoms with van der Waals surface area (Å²) in [4.78, 5) is 13.1. The summed E-state index contributed by atoms with van der Waals surface area (Å²) >= 11 is 0. The number of alkyl halides is 3. The van der Waals surface area contributed by atoms with Crippen LogP contribution in [0.4, 0.5) is 13.2 Å². The van der Waals surface area contributed by atoms with E-state index in [2.05, 4.69) is 9.72 Å². The molecule has 1 aromatic heterocycles. The number of carbonyl (C=O) groups is 1. The summed E-state index contributed by atoms with van der Waals surface area (Å²) in [6, 6.07) is 5.62. The molecule has 0 atom stereocenters. The lowest BCUT2D eigenvalue weighted by molar-refractivity contribution is -0.274. The fourth-order valence-corrected chi connectivity index (χ4v) is 1.65. The van der Waals surface area contributed by atoms with Crippen molar-refractivity contribution < 1.29 is 27.8 Å². The number of rotatable bonds is 3. The zero-order valence-electron chi connectivity index (χ0n) is 8.91. The molecule has 7 heteroatoms. The maximum atomic E-state index is 12.2. The summed E-state index contributed by atoms with van der Waals surface area (Å²) in [5.41, 5.74) is 0.446. The summed E-state index contributed by atoms with van der Waals surface area (Å²) in [6.07, 6.45) is -5.08. The van der Waals surface area contributed by atoms with Crippen molar-refractivity contribution >= 4 is 16.9 Å². The Morgan fingerprint density at radius 3 is 2.72 bits per heavy atom. The highest BCUT2D eigenvalue weighted by Gasteiger charge is 2.32. The van der Waals surface area contributed by atoms with Crippen molar-refractivity contribution in [1.82, 2.24) is 4.98 Å². The van der Waals surface area contributed by atoms with Crippen LogP contribution in [0.5, 0.6) is 5.75 Å². The first-order chi connectivity index (χ1) is 8.35. The number of H-pyrrole nitrogens is 1. The van der Waals surface area contributed by atoms with Gasteiger partial charge in [0.05, 0.1) is 11.9 Å². The predicted molar refractivity (Wildman–Crippen MR) is 56.3 cm³/mol. The second kappa shape index (κ2) is 4.25. The number of para-hydroxylation sites is 1. The van der Waals surface area contributed by atoms with E-state index in [1.165, 1.54) is 12.1 Å². The Morgan fingerprint density at radius 1 is 1.39 bits per heavy atom. The molecule has 1 heterocycles. The number of ether oxygens (including phenoxy) is 1. The molecule has 0 radical (unpaired) electrons. The van der Waals surface area contributed by atoms with Gasteiger partial charge in [0.2, 0.25) is 0 Å². The van der Waals surface area contributed by atoms with E-state index in [0.29, 0.717) is 11.1 Å². The van der Waals surface area contributed by atoms with Gasteiger partial charge in [0.15, 0.2) is 5.75 Å². The number of aromatic nitrogens is 1. The minimum Gasteiger partial charge on any atom is -0.481 e. The first-order valence-corrected chi connectivity index (χ1v) is 4.93. The summed E-state index contributed by atoms with van der Waals surface area (Å²) < 4.78 is 40.3. The van der Waals surface area contributed by atoms with E-state index in [-0.39, 0.29) is 17.7 Å². The molecule has 2 N–H and O–H groups in total. The average molecular weight is 259 g/mol. The molecule has 96 valence electrons. The minimum absolute atomic E-state index is 0.131. The van der Waals surface area contributed by atoms with Gasteiger partial charge in [-0.2, -0.15) is 0 Å². The van der Waals surface area contributed by atoms with Crippen LogP contribution >= 0.6 is 0 Å². The smallest absolute Gasteiger partial charge is 0.481 e. The number of nitrogens with one attached hydrogen (secondary N) is 1. The third-order valence-corrected chi connectivity index (χ3v) is 2.24. The number of hydrogen-bond acceptors (Lipinski definition) is 2. The molecule has 0 bridgehead atoms. The lowest BCUT2D eigenvalue weighted by Crippen LogP contribution is -2.17. The largest absolute Gasteiger partial charge is 0.573 e. The number of fused-ring (bicyclic) bond motifs is 1. The molecule has 18 heavy (non-hydrogen) atoms. The number of halogens is 3. The molecule has 0 fully saturated rings. The fourth-order valence-electron chi connectivity index (χ4n) is 1.65. The summed E-state index contributed by atoms with van der Waals surface area (Å²) in [5.74, 6) is -1.45. The SMILES string of the molecule is O=C(O)Cc1cc2cccc(OC(F)(F)F)c2[nH]1. The van der Waals surface area contributed by atoms with Crippen LogP contribution in [0.15, 0.2) is 24.3 Å². The van der Waals surface area contributed by atoms with Gasteiger partial charge < -0.3 is 14.8 Å². The molecule has 1 aromatic carbocycles. The quantitative estimate of drug-likeness (QED) is 0.890. The molecule has 0 aliphatic heterocycles. The van der Waals surface area contributed by atoms with Gasteiger partial charge in [0.1, 0.15) is 0 Å². The van der Waals surface area contributed by atoms with E-state index in [0.717, 1.165) is 6.07 Å². The number of benzene rings is 1. The highest BCUT2D eigenvalue weighted by atomic mass is 19.4. The van der Waals surface area contributed by atoms with Crippen LogP contribution in [-0.2, 0) is 11.2 Å². The summed E-state index contributed by atoms with van der Waals surface area (Å²) in [6.45, 7) is 0. The molecule has 0 amide bonds. The normalized spacial score (nSPS) is 11.7. The van der Waals surface area contributed by atoms with Gasteiger partial charge in [-0.15, -0.1) is 13.2 Å². The molecule has 4 nitrogen and oxygen atoms in total. The van der Waals surface area contributed by atoms with Gasteiger partial charge in [0, 0.05) is 11.1 Å². The van der Waals surface area contributed by atoms with Crippen molar-refractivity contribution in [1.29, 1.82) is 0 Å². The molecule has 2 rings (SSSR count). The summed E-state index contributed by atoms with van der Waals surface area (Å²) in [7, 11) is 0. The molecule has 0 spiro atoms. The minimum atomic E-state index is -4.79. The highest BCUT2D eigenvalue weighted by Crippen LogP contribution is 2.30. The van der Waals surface area contributed by atoms with Crippen molar-refractivity contribution in [2.75, 3.05) is 0 Å². The van der Waals surface area contributed by atoms with Crippen LogP contribution in [0.25, 0.3) is 10.9 Å². The van der Waals surface area contributed by atoms with E-state index < -0.39 is 12.3 Å². The van der Waals surface area contributed by atoms with Crippen molar-refractivity contribution in [3.05, 3.63) is 30.0 Å². The molecule has 0 saturated carbocycles. The Balaban J connectivity index is 2.42. The van der Waals surface area contributed by atoms with Crippen molar-refractivity contribution in [3.8, 4) is 5.75 Å². The van der Waals surface area contributed by atoms with E-state index in [1.54, 1.807) is 6.07 Å². The van der Waals surface area contributed by atoms with Crippen LogP contribution in [0.1, 0.15) is 5.69 Å². The van der Waals surface area contributed by atoms with Gasteiger partial charge >= 0.3 is 12.3 Å². The van der Waals surface area contributed by atoms with Crippen LogP contribution in [-0.4, -0.2) is 22.4 Å². The highest BCUT2D eigenvalue weighted by molar-refractivity contribution is 5.87. The second-order valence-electron chi connectivity index (χ2n) is 3.63.